The molecule has 2 nitrogen and oxygen atoms in total. The summed E-state index contributed by atoms with van der Waals surface area (Å²) in [7, 11) is 0.597. The Labute approximate surface area is 224 Å². The monoisotopic (exact) mass is 507 g/mol. The highest BCUT2D eigenvalue weighted by atomic mass is 31.1. The number of nitrogens with zero attached hydrogens (tertiary/aromatic N) is 1. The molecular formula is C34H38NOP. The van der Waals surface area contributed by atoms with Crippen molar-refractivity contribution >= 4 is 25.8 Å². The van der Waals surface area contributed by atoms with Gasteiger partial charge in [0.05, 0.1) is 5.69 Å². The predicted octanol–water partition coefficient (Wildman–Crippen LogP) is 8.96. The Morgan fingerprint density at radius 2 is 1.46 bits per heavy atom. The van der Waals surface area contributed by atoms with Crippen LogP contribution in [0.5, 0.6) is 5.75 Å². The topological polar surface area (TPSA) is 21.6 Å². The molecule has 0 amide bonds. The molecule has 4 aromatic carbocycles. The van der Waals surface area contributed by atoms with Gasteiger partial charge in [-0.2, -0.15) is 0 Å². The molecule has 0 aliphatic carbocycles. The van der Waals surface area contributed by atoms with Crippen LogP contribution in [0.2, 0.25) is 0 Å². The summed E-state index contributed by atoms with van der Waals surface area (Å²) in [6.07, 6.45) is 4.11. The lowest BCUT2D eigenvalue weighted by Gasteiger charge is -2.36. The van der Waals surface area contributed by atoms with E-state index in [-0.39, 0.29) is 5.16 Å². The van der Waals surface area contributed by atoms with Crippen molar-refractivity contribution in [2.45, 2.75) is 59.2 Å². The fourth-order valence-corrected chi connectivity index (χ4v) is 6.70. The van der Waals surface area contributed by atoms with Crippen molar-refractivity contribution in [3.05, 3.63) is 124 Å². The van der Waals surface area contributed by atoms with Gasteiger partial charge in [0.2, 0.25) is 0 Å². The van der Waals surface area contributed by atoms with Gasteiger partial charge >= 0.3 is 0 Å². The minimum absolute atomic E-state index is 0.0236. The lowest BCUT2D eigenvalue weighted by Crippen LogP contribution is -2.25. The van der Waals surface area contributed by atoms with E-state index in [0.717, 1.165) is 24.3 Å². The van der Waals surface area contributed by atoms with Crippen LogP contribution in [0.25, 0.3) is 0 Å². The number of hydrogen-bond acceptors (Lipinski definition) is 2. The molecule has 0 spiro atoms. The second-order valence-electron chi connectivity index (χ2n) is 9.78. The molecule has 4 rings (SSSR count). The number of hydrogen-bond donors (Lipinski definition) is 0. The molecular weight excluding hydrogens is 469 g/mol. The molecule has 0 saturated carbocycles. The van der Waals surface area contributed by atoms with E-state index in [4.69, 9.17) is 9.73 Å². The average molecular weight is 508 g/mol. The van der Waals surface area contributed by atoms with E-state index in [1.165, 1.54) is 38.7 Å². The van der Waals surface area contributed by atoms with Gasteiger partial charge in [0.15, 0.2) is 0 Å². The van der Waals surface area contributed by atoms with Crippen LogP contribution in [0.15, 0.2) is 96.0 Å². The van der Waals surface area contributed by atoms with E-state index < -0.39 is 0 Å². The summed E-state index contributed by atoms with van der Waals surface area (Å²) in [4.78, 5) is 4.80. The van der Waals surface area contributed by atoms with E-state index in [0.29, 0.717) is 15.2 Å². The smallest absolute Gasteiger partial charge is 0.126 e. The van der Waals surface area contributed by atoms with Gasteiger partial charge in [0.25, 0.3) is 0 Å². The van der Waals surface area contributed by atoms with Gasteiger partial charge in [-0.25, -0.2) is 0 Å². The van der Waals surface area contributed by atoms with Gasteiger partial charge < -0.3 is 4.74 Å². The normalized spacial score (nSPS) is 12.0. The SMILES string of the molecule is CCC(CC)(Pc1c(C)cccc1/C=N/c1ccccc1)c1cc(C)cc(C)c1OCc1ccccc1. The van der Waals surface area contributed by atoms with Crippen LogP contribution in [0, 0.1) is 20.8 Å². The minimum Gasteiger partial charge on any atom is -0.488 e. The van der Waals surface area contributed by atoms with Crippen molar-refractivity contribution in [2.75, 3.05) is 0 Å². The molecule has 0 aliphatic heterocycles. The maximum atomic E-state index is 6.60. The molecule has 190 valence electrons. The Kier molecular flexibility index (Phi) is 8.95. The first-order valence-corrected chi connectivity index (χ1v) is 14.2. The van der Waals surface area contributed by atoms with Gasteiger partial charge in [-0.1, -0.05) is 107 Å². The zero-order valence-corrected chi connectivity index (χ0v) is 23.7. The molecule has 0 radical (unpaired) electrons. The molecule has 0 aromatic heterocycles. The summed E-state index contributed by atoms with van der Waals surface area (Å²) in [5, 5.41) is 1.36. The van der Waals surface area contributed by atoms with Crippen molar-refractivity contribution in [2.24, 2.45) is 4.99 Å². The number of benzene rings is 4. The third kappa shape index (κ3) is 6.38. The Bertz CT molecular complexity index is 1340. The lowest BCUT2D eigenvalue weighted by molar-refractivity contribution is 0.296. The highest BCUT2D eigenvalue weighted by molar-refractivity contribution is 7.49. The summed E-state index contributed by atoms with van der Waals surface area (Å²) in [6.45, 7) is 11.8. The summed E-state index contributed by atoms with van der Waals surface area (Å²) < 4.78 is 6.60. The number of ether oxygens (including phenoxy) is 1. The van der Waals surface area contributed by atoms with Gasteiger partial charge in [-0.05, 0) is 67.7 Å². The summed E-state index contributed by atoms with van der Waals surface area (Å²) in [5.41, 5.74) is 8.50. The average Bonchev–Trinajstić information content (AvgIpc) is 2.92. The molecule has 0 heterocycles. The van der Waals surface area contributed by atoms with Crippen LogP contribution in [0.1, 0.15) is 60.1 Å². The molecule has 1 unspecified atom stereocenters. The standard InChI is InChI=1S/C34H38NOP/c1-6-34(7-2,31-22-25(3)21-27(5)32(31)36-24-28-16-10-8-11-17-28)37-33-26(4)15-14-18-29(33)23-35-30-19-12-9-13-20-30/h8-23,37H,6-7,24H2,1-5H3/b35-23+. The zero-order chi connectivity index (χ0) is 26.3. The summed E-state index contributed by atoms with van der Waals surface area (Å²) in [5.74, 6) is 1.04. The van der Waals surface area contributed by atoms with Gasteiger partial charge in [0.1, 0.15) is 12.4 Å². The van der Waals surface area contributed by atoms with E-state index in [9.17, 15) is 0 Å². The van der Waals surface area contributed by atoms with Crippen LogP contribution >= 0.6 is 8.58 Å². The first-order valence-electron chi connectivity index (χ1n) is 13.2. The molecule has 0 aliphatic rings. The second kappa shape index (κ2) is 12.3. The van der Waals surface area contributed by atoms with Crippen LogP contribution < -0.4 is 10.0 Å². The van der Waals surface area contributed by atoms with Gasteiger partial charge in [0, 0.05) is 22.5 Å². The molecule has 37 heavy (non-hydrogen) atoms. The van der Waals surface area contributed by atoms with E-state index in [1.807, 2.05) is 42.6 Å². The Balaban J connectivity index is 1.75. The van der Waals surface area contributed by atoms with Crippen molar-refractivity contribution in [1.82, 2.24) is 0 Å². The molecule has 4 aromatic rings. The fraction of sp³-hybridized carbons (Fsp3) is 0.265. The zero-order valence-electron chi connectivity index (χ0n) is 22.7. The van der Waals surface area contributed by atoms with Crippen molar-refractivity contribution in [1.29, 1.82) is 0 Å². The molecule has 3 heteroatoms. The molecule has 0 saturated heterocycles. The first-order chi connectivity index (χ1) is 18.0. The number of para-hydroxylation sites is 1. The third-order valence-corrected chi connectivity index (χ3v) is 9.53. The van der Waals surface area contributed by atoms with Crippen LogP contribution in [-0.2, 0) is 11.8 Å². The van der Waals surface area contributed by atoms with E-state index in [2.05, 4.69) is 89.2 Å². The summed E-state index contributed by atoms with van der Waals surface area (Å²) in [6, 6.07) is 31.8. The maximum absolute atomic E-state index is 6.60. The Morgan fingerprint density at radius 3 is 2.14 bits per heavy atom. The molecule has 1 atom stereocenters. The maximum Gasteiger partial charge on any atom is 0.126 e. The largest absolute Gasteiger partial charge is 0.488 e. The van der Waals surface area contributed by atoms with Crippen LogP contribution in [0.3, 0.4) is 0 Å². The first kappa shape index (κ1) is 26.8. The fourth-order valence-electron chi connectivity index (χ4n) is 4.97. The molecule has 0 N–H and O–H groups in total. The third-order valence-electron chi connectivity index (χ3n) is 7.15. The quantitative estimate of drug-likeness (QED) is 0.155. The van der Waals surface area contributed by atoms with Crippen molar-refractivity contribution < 1.29 is 4.74 Å². The lowest BCUT2D eigenvalue weighted by atomic mass is 9.89. The number of rotatable bonds is 10. The minimum atomic E-state index is -0.0236. The number of aliphatic imine (C=N–C) groups is 1. The Hall–Kier alpha value is -3.22. The molecule has 0 fully saturated rings. The van der Waals surface area contributed by atoms with Crippen molar-refractivity contribution in [3.8, 4) is 5.75 Å². The van der Waals surface area contributed by atoms with Crippen LogP contribution in [0.4, 0.5) is 5.69 Å². The highest BCUT2D eigenvalue weighted by Crippen LogP contribution is 2.51. The van der Waals surface area contributed by atoms with Gasteiger partial charge in [-0.15, -0.1) is 0 Å². The summed E-state index contributed by atoms with van der Waals surface area (Å²) >= 11 is 0. The Morgan fingerprint density at radius 1 is 0.784 bits per heavy atom. The number of aryl methyl sites for hydroxylation is 3. The predicted molar refractivity (Wildman–Crippen MR) is 162 cm³/mol. The van der Waals surface area contributed by atoms with Crippen molar-refractivity contribution in [3.63, 3.8) is 0 Å². The van der Waals surface area contributed by atoms with E-state index in [1.54, 1.807) is 0 Å². The second-order valence-corrected chi connectivity index (χ2v) is 11.5. The highest BCUT2D eigenvalue weighted by Gasteiger charge is 2.34. The van der Waals surface area contributed by atoms with Crippen LogP contribution in [-0.4, -0.2) is 6.21 Å². The van der Waals surface area contributed by atoms with Gasteiger partial charge in [-0.3, -0.25) is 4.99 Å². The van der Waals surface area contributed by atoms with E-state index >= 15 is 0 Å². The molecule has 0 bridgehead atoms.